The standard InChI is InChI=1S/C18H38O2/c1-8-9-10-18(20-12-17(7)15(4)5)13-19-11-16(6)14(2)3/h14-18H,8-13H2,1-7H3. The Kier molecular flexibility index (Phi) is 11.5. The summed E-state index contributed by atoms with van der Waals surface area (Å²) in [6.45, 7) is 18.2. The Labute approximate surface area is 127 Å². The first-order valence-electron chi connectivity index (χ1n) is 8.57. The quantitative estimate of drug-likeness (QED) is 0.493. The van der Waals surface area contributed by atoms with Gasteiger partial charge in [0.1, 0.15) is 0 Å². The van der Waals surface area contributed by atoms with Crippen LogP contribution < -0.4 is 0 Å². The molecule has 122 valence electrons. The molecule has 0 aromatic rings. The summed E-state index contributed by atoms with van der Waals surface area (Å²) in [5.41, 5.74) is 0. The van der Waals surface area contributed by atoms with Crippen molar-refractivity contribution in [3.8, 4) is 0 Å². The molecule has 0 saturated heterocycles. The van der Waals surface area contributed by atoms with E-state index in [2.05, 4.69) is 48.5 Å². The van der Waals surface area contributed by atoms with Crippen LogP contribution in [-0.4, -0.2) is 25.9 Å². The Morgan fingerprint density at radius 1 is 0.750 bits per heavy atom. The van der Waals surface area contributed by atoms with Crippen molar-refractivity contribution >= 4 is 0 Å². The van der Waals surface area contributed by atoms with Gasteiger partial charge in [0, 0.05) is 13.2 Å². The highest BCUT2D eigenvalue weighted by molar-refractivity contribution is 4.62. The van der Waals surface area contributed by atoms with E-state index in [1.165, 1.54) is 12.8 Å². The van der Waals surface area contributed by atoms with Gasteiger partial charge >= 0.3 is 0 Å². The maximum Gasteiger partial charge on any atom is 0.0808 e. The Morgan fingerprint density at radius 2 is 1.30 bits per heavy atom. The molecule has 0 bridgehead atoms. The number of rotatable bonds is 12. The van der Waals surface area contributed by atoms with Crippen LogP contribution in [0.4, 0.5) is 0 Å². The smallest absolute Gasteiger partial charge is 0.0808 e. The highest BCUT2D eigenvalue weighted by atomic mass is 16.5. The summed E-state index contributed by atoms with van der Waals surface area (Å²) < 4.78 is 12.0. The van der Waals surface area contributed by atoms with E-state index in [1.807, 2.05) is 0 Å². The topological polar surface area (TPSA) is 18.5 Å². The summed E-state index contributed by atoms with van der Waals surface area (Å²) in [5.74, 6) is 2.61. The first-order valence-corrected chi connectivity index (χ1v) is 8.57. The fourth-order valence-electron chi connectivity index (χ4n) is 1.70. The average molecular weight is 286 g/mol. The molecule has 0 saturated carbocycles. The maximum absolute atomic E-state index is 6.08. The molecule has 0 fully saturated rings. The molecule has 0 aliphatic carbocycles. The zero-order valence-corrected chi connectivity index (χ0v) is 14.9. The monoisotopic (exact) mass is 286 g/mol. The second-order valence-corrected chi connectivity index (χ2v) is 7.08. The van der Waals surface area contributed by atoms with Crippen LogP contribution in [0.25, 0.3) is 0 Å². The first kappa shape index (κ1) is 19.9. The molecule has 0 rings (SSSR count). The van der Waals surface area contributed by atoms with Crippen LogP contribution in [0, 0.1) is 23.7 Å². The van der Waals surface area contributed by atoms with Crippen molar-refractivity contribution in [1.82, 2.24) is 0 Å². The zero-order valence-electron chi connectivity index (χ0n) is 14.9. The Bertz CT molecular complexity index is 213. The fraction of sp³-hybridized carbons (Fsp3) is 1.00. The third kappa shape index (κ3) is 9.77. The van der Waals surface area contributed by atoms with Crippen molar-refractivity contribution < 1.29 is 9.47 Å². The molecular weight excluding hydrogens is 248 g/mol. The van der Waals surface area contributed by atoms with E-state index in [-0.39, 0.29) is 6.10 Å². The van der Waals surface area contributed by atoms with Crippen LogP contribution in [0.15, 0.2) is 0 Å². The minimum Gasteiger partial charge on any atom is -0.378 e. The van der Waals surface area contributed by atoms with E-state index in [4.69, 9.17) is 9.47 Å². The van der Waals surface area contributed by atoms with Gasteiger partial charge in [-0.2, -0.15) is 0 Å². The van der Waals surface area contributed by atoms with Crippen molar-refractivity contribution in [2.24, 2.45) is 23.7 Å². The van der Waals surface area contributed by atoms with Crippen LogP contribution in [0.1, 0.15) is 67.7 Å². The van der Waals surface area contributed by atoms with Gasteiger partial charge in [0.25, 0.3) is 0 Å². The van der Waals surface area contributed by atoms with Crippen LogP contribution in [0.2, 0.25) is 0 Å². The highest BCUT2D eigenvalue weighted by Gasteiger charge is 2.14. The SMILES string of the molecule is CCCCC(COCC(C)C(C)C)OCC(C)C(C)C. The lowest BCUT2D eigenvalue weighted by molar-refractivity contribution is -0.0443. The Morgan fingerprint density at radius 3 is 1.80 bits per heavy atom. The molecule has 2 nitrogen and oxygen atoms in total. The molecule has 0 N–H and O–H groups in total. The summed E-state index contributed by atoms with van der Waals surface area (Å²) in [7, 11) is 0. The minimum absolute atomic E-state index is 0.274. The Hall–Kier alpha value is -0.0800. The second kappa shape index (κ2) is 11.6. The number of unbranched alkanes of at least 4 members (excludes halogenated alkanes) is 1. The van der Waals surface area contributed by atoms with E-state index < -0.39 is 0 Å². The predicted octanol–water partition coefficient (Wildman–Crippen LogP) is 5.16. The van der Waals surface area contributed by atoms with E-state index in [0.29, 0.717) is 23.7 Å². The van der Waals surface area contributed by atoms with E-state index in [9.17, 15) is 0 Å². The van der Waals surface area contributed by atoms with Crippen molar-refractivity contribution in [3.63, 3.8) is 0 Å². The van der Waals surface area contributed by atoms with Gasteiger partial charge in [-0.05, 0) is 30.1 Å². The summed E-state index contributed by atoms with van der Waals surface area (Å²) in [6, 6.07) is 0. The van der Waals surface area contributed by atoms with Crippen LogP contribution in [-0.2, 0) is 9.47 Å². The Balaban J connectivity index is 4.01. The van der Waals surface area contributed by atoms with Gasteiger partial charge in [-0.25, -0.2) is 0 Å². The predicted molar refractivity (Wildman–Crippen MR) is 88.1 cm³/mol. The van der Waals surface area contributed by atoms with Crippen LogP contribution in [0.3, 0.4) is 0 Å². The van der Waals surface area contributed by atoms with E-state index in [1.54, 1.807) is 0 Å². The lowest BCUT2D eigenvalue weighted by atomic mass is 9.99. The summed E-state index contributed by atoms with van der Waals surface area (Å²) in [4.78, 5) is 0. The molecule has 0 heterocycles. The molecule has 3 unspecified atom stereocenters. The molecule has 0 aromatic carbocycles. The molecule has 20 heavy (non-hydrogen) atoms. The van der Waals surface area contributed by atoms with Crippen molar-refractivity contribution in [2.75, 3.05) is 19.8 Å². The fourth-order valence-corrected chi connectivity index (χ4v) is 1.70. The molecular formula is C18H38O2. The third-order valence-electron chi connectivity index (χ3n) is 4.44. The van der Waals surface area contributed by atoms with Gasteiger partial charge in [0.15, 0.2) is 0 Å². The van der Waals surface area contributed by atoms with Gasteiger partial charge in [-0.3, -0.25) is 0 Å². The maximum atomic E-state index is 6.08. The number of hydrogen-bond acceptors (Lipinski definition) is 2. The van der Waals surface area contributed by atoms with Gasteiger partial charge in [0.2, 0.25) is 0 Å². The van der Waals surface area contributed by atoms with Crippen molar-refractivity contribution in [3.05, 3.63) is 0 Å². The van der Waals surface area contributed by atoms with Crippen molar-refractivity contribution in [2.45, 2.75) is 73.8 Å². The summed E-state index contributed by atoms with van der Waals surface area (Å²) in [5, 5.41) is 0. The van der Waals surface area contributed by atoms with E-state index in [0.717, 1.165) is 26.2 Å². The van der Waals surface area contributed by atoms with Crippen LogP contribution in [0.5, 0.6) is 0 Å². The van der Waals surface area contributed by atoms with Gasteiger partial charge in [0.05, 0.1) is 12.7 Å². The lowest BCUT2D eigenvalue weighted by Crippen LogP contribution is -2.25. The van der Waals surface area contributed by atoms with E-state index >= 15 is 0 Å². The molecule has 0 aliphatic rings. The second-order valence-electron chi connectivity index (χ2n) is 7.08. The summed E-state index contributed by atoms with van der Waals surface area (Å²) >= 11 is 0. The molecule has 0 amide bonds. The largest absolute Gasteiger partial charge is 0.378 e. The number of ether oxygens (including phenoxy) is 2. The third-order valence-corrected chi connectivity index (χ3v) is 4.44. The normalized spacial score (nSPS) is 16.6. The molecule has 0 spiro atoms. The average Bonchev–Trinajstić information content (AvgIpc) is 2.40. The summed E-state index contributed by atoms with van der Waals surface area (Å²) in [6.07, 6.45) is 3.85. The van der Waals surface area contributed by atoms with Crippen molar-refractivity contribution in [1.29, 1.82) is 0 Å². The lowest BCUT2D eigenvalue weighted by Gasteiger charge is -2.23. The highest BCUT2D eigenvalue weighted by Crippen LogP contribution is 2.15. The molecule has 2 heteroatoms. The zero-order chi connectivity index (χ0) is 15.5. The number of hydrogen-bond donors (Lipinski definition) is 0. The first-order chi connectivity index (χ1) is 9.38. The molecule has 0 aliphatic heterocycles. The van der Waals surface area contributed by atoms with Gasteiger partial charge in [-0.1, -0.05) is 61.3 Å². The van der Waals surface area contributed by atoms with Gasteiger partial charge in [-0.15, -0.1) is 0 Å². The van der Waals surface area contributed by atoms with Crippen LogP contribution >= 0.6 is 0 Å². The molecule has 3 atom stereocenters. The molecule has 0 aromatic heterocycles. The molecule has 0 radical (unpaired) electrons. The minimum atomic E-state index is 0.274. The van der Waals surface area contributed by atoms with Gasteiger partial charge < -0.3 is 9.47 Å².